The van der Waals surface area contributed by atoms with Crippen LogP contribution in [0.25, 0.3) is 11.7 Å². The van der Waals surface area contributed by atoms with Gasteiger partial charge in [-0.05, 0) is 30.3 Å². The maximum Gasteiger partial charge on any atom is 0.267 e. The van der Waals surface area contributed by atoms with E-state index >= 15 is 0 Å². The van der Waals surface area contributed by atoms with Crippen molar-refractivity contribution in [2.45, 2.75) is 6.54 Å². The van der Waals surface area contributed by atoms with Gasteiger partial charge in [-0.1, -0.05) is 30.0 Å². The van der Waals surface area contributed by atoms with E-state index in [0.29, 0.717) is 33.0 Å². The van der Waals surface area contributed by atoms with Crippen molar-refractivity contribution in [1.29, 1.82) is 0 Å². The molecule has 1 aliphatic heterocycles. The first-order valence-corrected chi connectivity index (χ1v) is 8.87. The Morgan fingerprint density at radius 1 is 1.31 bits per heavy atom. The number of nitrogens with one attached hydrogen (secondary N) is 2. The van der Waals surface area contributed by atoms with Gasteiger partial charge in [0.2, 0.25) is 0 Å². The zero-order valence-electron chi connectivity index (χ0n) is 13.3. The van der Waals surface area contributed by atoms with E-state index in [0.717, 1.165) is 11.8 Å². The third kappa shape index (κ3) is 3.14. The van der Waals surface area contributed by atoms with E-state index < -0.39 is 0 Å². The number of anilines is 1. The number of aromatic nitrogens is 2. The monoisotopic (exact) mass is 384 g/mol. The highest BCUT2D eigenvalue weighted by atomic mass is 32.2. The smallest absolute Gasteiger partial charge is 0.267 e. The molecule has 0 radical (unpaired) electrons. The molecule has 130 valence electrons. The first kappa shape index (κ1) is 16.6. The summed E-state index contributed by atoms with van der Waals surface area (Å²) < 4.78 is 7.10. The second kappa shape index (κ2) is 6.77. The number of hydrogen-bond donors (Lipinski definition) is 2. The molecule has 2 N–H and O–H groups in total. The van der Waals surface area contributed by atoms with Crippen molar-refractivity contribution in [3.8, 4) is 0 Å². The molecule has 3 aromatic rings. The Morgan fingerprint density at radius 2 is 2.19 bits per heavy atom. The number of thiocarbonyl (C=S) groups is 1. The molecular formula is C17H12N4O3S2. The van der Waals surface area contributed by atoms with E-state index in [1.165, 1.54) is 10.5 Å². The lowest BCUT2D eigenvalue weighted by Crippen LogP contribution is -2.21. The quantitative estimate of drug-likeness (QED) is 0.527. The molecule has 1 fully saturated rings. The number of nitrogens with zero attached hydrogens (tertiary/aromatic N) is 2. The maximum atomic E-state index is 12.9. The summed E-state index contributed by atoms with van der Waals surface area (Å²) in [6.45, 7) is 0.358. The SMILES string of the molecule is O=C1NC(=S)S/C1=C\c1c(NCc2ccco2)nc2ccccn2c1=O. The highest BCUT2D eigenvalue weighted by Gasteiger charge is 2.23. The van der Waals surface area contributed by atoms with Crippen LogP contribution in [0.4, 0.5) is 5.82 Å². The first-order chi connectivity index (χ1) is 12.6. The average molecular weight is 384 g/mol. The van der Waals surface area contributed by atoms with Gasteiger partial charge in [0.1, 0.15) is 21.5 Å². The topological polar surface area (TPSA) is 88.6 Å². The Hall–Kier alpha value is -2.91. The first-order valence-electron chi connectivity index (χ1n) is 7.64. The van der Waals surface area contributed by atoms with Crippen LogP contribution in [-0.2, 0) is 11.3 Å². The number of hydrogen-bond acceptors (Lipinski definition) is 7. The molecule has 0 unspecified atom stereocenters. The summed E-state index contributed by atoms with van der Waals surface area (Å²) in [6, 6.07) is 8.88. The zero-order valence-corrected chi connectivity index (χ0v) is 14.9. The molecule has 0 aliphatic carbocycles. The van der Waals surface area contributed by atoms with E-state index in [4.69, 9.17) is 16.6 Å². The van der Waals surface area contributed by atoms with Gasteiger partial charge in [0.05, 0.1) is 23.3 Å². The zero-order chi connectivity index (χ0) is 18.1. The Bertz CT molecular complexity index is 1100. The Morgan fingerprint density at radius 3 is 2.92 bits per heavy atom. The molecule has 4 rings (SSSR count). The van der Waals surface area contributed by atoms with E-state index in [9.17, 15) is 9.59 Å². The third-order valence-corrected chi connectivity index (χ3v) is 4.86. The largest absolute Gasteiger partial charge is 0.467 e. The fraction of sp³-hybridized carbons (Fsp3) is 0.0588. The molecule has 0 atom stereocenters. The predicted octanol–water partition coefficient (Wildman–Crippen LogP) is 2.39. The summed E-state index contributed by atoms with van der Waals surface area (Å²) in [6.07, 6.45) is 4.72. The summed E-state index contributed by atoms with van der Waals surface area (Å²) >= 11 is 6.12. The van der Waals surface area contributed by atoms with Crippen LogP contribution in [0.5, 0.6) is 0 Å². The molecule has 7 nitrogen and oxygen atoms in total. The van der Waals surface area contributed by atoms with Gasteiger partial charge in [-0.2, -0.15) is 0 Å². The number of thioether (sulfide) groups is 1. The van der Waals surface area contributed by atoms with Gasteiger partial charge in [0.25, 0.3) is 11.5 Å². The van der Waals surface area contributed by atoms with Gasteiger partial charge in [-0.15, -0.1) is 0 Å². The minimum Gasteiger partial charge on any atom is -0.467 e. The van der Waals surface area contributed by atoms with Crippen LogP contribution < -0.4 is 16.2 Å². The molecular weight excluding hydrogens is 372 g/mol. The maximum absolute atomic E-state index is 12.9. The Balaban J connectivity index is 1.82. The molecule has 4 heterocycles. The van der Waals surface area contributed by atoms with Crippen molar-refractivity contribution in [3.05, 3.63) is 69.4 Å². The fourth-order valence-electron chi connectivity index (χ4n) is 2.50. The number of furan rings is 1. The number of amides is 1. The molecule has 0 saturated carbocycles. The summed E-state index contributed by atoms with van der Waals surface area (Å²) in [4.78, 5) is 29.8. The normalized spacial score (nSPS) is 15.6. The highest BCUT2D eigenvalue weighted by Crippen LogP contribution is 2.27. The van der Waals surface area contributed by atoms with Gasteiger partial charge < -0.3 is 15.1 Å². The van der Waals surface area contributed by atoms with Crippen molar-refractivity contribution in [1.82, 2.24) is 14.7 Å². The number of carbonyl (C=O) groups excluding carboxylic acids is 1. The van der Waals surface area contributed by atoms with Crippen molar-refractivity contribution >= 4 is 51.7 Å². The van der Waals surface area contributed by atoms with Gasteiger partial charge in [-0.25, -0.2) is 4.98 Å². The number of carbonyl (C=O) groups is 1. The van der Waals surface area contributed by atoms with Crippen LogP contribution in [0.1, 0.15) is 11.3 Å². The predicted molar refractivity (Wildman–Crippen MR) is 104 cm³/mol. The average Bonchev–Trinajstić information content (AvgIpc) is 3.25. The van der Waals surface area contributed by atoms with Crippen LogP contribution in [0.3, 0.4) is 0 Å². The van der Waals surface area contributed by atoms with Crippen LogP contribution in [0, 0.1) is 0 Å². The lowest BCUT2D eigenvalue weighted by molar-refractivity contribution is -0.115. The number of rotatable bonds is 4. The lowest BCUT2D eigenvalue weighted by atomic mass is 10.2. The standard InChI is InChI=1S/C17H12N4O3S2/c22-15-12(26-17(25)20-15)8-11-14(18-9-10-4-3-7-24-10)19-13-5-1-2-6-21(13)16(11)23/h1-8,18H,9H2,(H,20,22,25)/b12-8-. The molecule has 26 heavy (non-hydrogen) atoms. The second-order valence-electron chi connectivity index (χ2n) is 5.39. The van der Waals surface area contributed by atoms with Gasteiger partial charge >= 0.3 is 0 Å². The van der Waals surface area contributed by atoms with Crippen molar-refractivity contribution in [3.63, 3.8) is 0 Å². The van der Waals surface area contributed by atoms with Crippen LogP contribution in [-0.4, -0.2) is 19.6 Å². The van der Waals surface area contributed by atoms with E-state index in [1.807, 2.05) is 6.07 Å². The number of fused-ring (bicyclic) bond motifs is 1. The summed E-state index contributed by atoms with van der Waals surface area (Å²) in [7, 11) is 0. The molecule has 1 aliphatic rings. The molecule has 9 heteroatoms. The summed E-state index contributed by atoms with van der Waals surface area (Å²) in [5.41, 5.74) is 0.500. The highest BCUT2D eigenvalue weighted by molar-refractivity contribution is 8.26. The van der Waals surface area contributed by atoms with Crippen molar-refractivity contribution in [2.75, 3.05) is 5.32 Å². The Labute approximate surface area is 157 Å². The van der Waals surface area contributed by atoms with Gasteiger partial charge in [0.15, 0.2) is 0 Å². The second-order valence-corrected chi connectivity index (χ2v) is 7.11. The Kier molecular flexibility index (Phi) is 4.31. The van der Waals surface area contributed by atoms with E-state index in [1.54, 1.807) is 36.7 Å². The molecule has 0 bridgehead atoms. The number of pyridine rings is 1. The molecule has 0 spiro atoms. The van der Waals surface area contributed by atoms with Crippen molar-refractivity contribution < 1.29 is 9.21 Å². The summed E-state index contributed by atoms with van der Waals surface area (Å²) in [5, 5.41) is 5.65. The minimum absolute atomic E-state index is 0.280. The van der Waals surface area contributed by atoms with Crippen LogP contribution in [0.2, 0.25) is 0 Å². The fourth-order valence-corrected chi connectivity index (χ4v) is 3.53. The lowest BCUT2D eigenvalue weighted by Gasteiger charge is -2.10. The molecule has 1 saturated heterocycles. The molecule has 1 amide bonds. The molecule has 3 aromatic heterocycles. The van der Waals surface area contributed by atoms with Gasteiger partial charge in [0, 0.05) is 6.20 Å². The van der Waals surface area contributed by atoms with Crippen LogP contribution in [0.15, 0.2) is 56.9 Å². The van der Waals surface area contributed by atoms with E-state index in [-0.39, 0.29) is 17.0 Å². The minimum atomic E-state index is -0.324. The van der Waals surface area contributed by atoms with E-state index in [2.05, 4.69) is 15.6 Å². The van der Waals surface area contributed by atoms with Crippen LogP contribution >= 0.6 is 24.0 Å². The summed E-state index contributed by atoms with van der Waals surface area (Å²) in [5.74, 6) is 0.749. The molecule has 0 aromatic carbocycles. The van der Waals surface area contributed by atoms with Gasteiger partial charge in [-0.3, -0.25) is 14.0 Å². The van der Waals surface area contributed by atoms with Crippen molar-refractivity contribution in [2.24, 2.45) is 0 Å². The third-order valence-electron chi connectivity index (χ3n) is 3.70.